The monoisotopic (exact) mass is 366 g/mol. The molecule has 1 aliphatic rings. The van der Waals surface area contributed by atoms with Gasteiger partial charge >= 0.3 is 0 Å². The van der Waals surface area contributed by atoms with Gasteiger partial charge in [-0.1, -0.05) is 30.3 Å². The fourth-order valence-corrected chi connectivity index (χ4v) is 3.64. The molecule has 26 heavy (non-hydrogen) atoms. The summed E-state index contributed by atoms with van der Waals surface area (Å²) in [5.74, 6) is 0.846. The highest BCUT2D eigenvalue weighted by molar-refractivity contribution is 7.80. The summed E-state index contributed by atoms with van der Waals surface area (Å²) in [6, 6.07) is 12.3. The fourth-order valence-electron chi connectivity index (χ4n) is 3.34. The van der Waals surface area contributed by atoms with Crippen LogP contribution in [0, 0.1) is 0 Å². The molecule has 0 radical (unpaired) electrons. The van der Waals surface area contributed by atoms with Gasteiger partial charge in [0, 0.05) is 19.3 Å². The zero-order valence-corrected chi connectivity index (χ0v) is 15.3. The molecule has 1 saturated heterocycles. The van der Waals surface area contributed by atoms with Crippen molar-refractivity contribution in [3.05, 3.63) is 54.5 Å². The molecular formula is C19H22N6S. The Bertz CT molecular complexity index is 878. The number of H-pyrrole nitrogens is 1. The van der Waals surface area contributed by atoms with E-state index in [2.05, 4.69) is 42.6 Å². The summed E-state index contributed by atoms with van der Waals surface area (Å²) in [6.45, 7) is 1.68. The molecule has 6 nitrogen and oxygen atoms in total. The van der Waals surface area contributed by atoms with Gasteiger partial charge < -0.3 is 20.5 Å². The third-order valence-corrected chi connectivity index (χ3v) is 5.09. The number of aromatic nitrogens is 3. The van der Waals surface area contributed by atoms with Gasteiger partial charge in [0.2, 0.25) is 0 Å². The second-order valence-corrected chi connectivity index (χ2v) is 6.84. The minimum absolute atomic E-state index is 0.132. The van der Waals surface area contributed by atoms with E-state index < -0.39 is 0 Å². The highest BCUT2D eigenvalue weighted by Gasteiger charge is 2.25. The first-order valence-corrected chi connectivity index (χ1v) is 9.35. The standard InChI is InChI=1S/C19H22N6S/c26-19(21-12-14-6-2-1-3-7-14)25-11-5-4-8-16(25)24-18-15-9-10-20-17(15)22-13-23-18/h1-3,6-7,9-10,13,16H,4-5,8,11-12H2,(H,21,26)(H2,20,22,23,24). The smallest absolute Gasteiger partial charge is 0.170 e. The van der Waals surface area contributed by atoms with Crippen molar-refractivity contribution in [2.75, 3.05) is 11.9 Å². The van der Waals surface area contributed by atoms with E-state index in [1.54, 1.807) is 6.33 Å². The maximum atomic E-state index is 5.68. The lowest BCUT2D eigenvalue weighted by Crippen LogP contribution is -2.51. The van der Waals surface area contributed by atoms with Gasteiger partial charge in [-0.3, -0.25) is 0 Å². The summed E-state index contributed by atoms with van der Waals surface area (Å²) in [5.41, 5.74) is 2.07. The number of thiocarbonyl (C=S) groups is 1. The molecule has 0 saturated carbocycles. The zero-order valence-electron chi connectivity index (χ0n) is 14.5. The number of hydrogen-bond donors (Lipinski definition) is 3. The molecule has 1 aromatic carbocycles. The number of anilines is 1. The summed E-state index contributed by atoms with van der Waals surface area (Å²) in [4.78, 5) is 14.0. The Balaban J connectivity index is 1.46. The van der Waals surface area contributed by atoms with E-state index in [1.165, 1.54) is 12.0 Å². The van der Waals surface area contributed by atoms with Crippen LogP contribution in [0.1, 0.15) is 24.8 Å². The summed E-state index contributed by atoms with van der Waals surface area (Å²) >= 11 is 5.68. The second-order valence-electron chi connectivity index (χ2n) is 6.46. The topological polar surface area (TPSA) is 68.9 Å². The van der Waals surface area contributed by atoms with E-state index in [9.17, 15) is 0 Å². The maximum absolute atomic E-state index is 5.68. The third-order valence-electron chi connectivity index (χ3n) is 4.71. The van der Waals surface area contributed by atoms with Crippen LogP contribution in [0.2, 0.25) is 0 Å². The molecule has 1 atom stereocenters. The molecule has 3 N–H and O–H groups in total. The van der Waals surface area contributed by atoms with E-state index in [1.807, 2.05) is 30.5 Å². The SMILES string of the molecule is S=C(NCc1ccccc1)N1CCCCC1Nc1ncnc2[nH]ccc12. The van der Waals surface area contributed by atoms with Crippen LogP contribution >= 0.6 is 12.2 Å². The van der Waals surface area contributed by atoms with E-state index in [0.717, 1.165) is 47.9 Å². The average Bonchev–Trinajstić information content (AvgIpc) is 3.17. The Morgan fingerprint density at radius 3 is 2.96 bits per heavy atom. The van der Waals surface area contributed by atoms with E-state index >= 15 is 0 Å². The predicted octanol–water partition coefficient (Wildman–Crippen LogP) is 3.26. The molecule has 0 amide bonds. The van der Waals surface area contributed by atoms with Crippen LogP contribution in [-0.4, -0.2) is 37.7 Å². The molecule has 1 fully saturated rings. The quantitative estimate of drug-likeness (QED) is 0.616. The van der Waals surface area contributed by atoms with E-state index in [-0.39, 0.29) is 6.17 Å². The van der Waals surface area contributed by atoms with Crippen molar-refractivity contribution in [3.63, 3.8) is 0 Å². The number of piperidine rings is 1. The average molecular weight is 366 g/mol. The van der Waals surface area contributed by atoms with E-state index in [4.69, 9.17) is 12.2 Å². The lowest BCUT2D eigenvalue weighted by atomic mass is 10.1. The molecule has 1 unspecified atom stereocenters. The number of fused-ring (bicyclic) bond motifs is 1. The lowest BCUT2D eigenvalue weighted by Gasteiger charge is -2.38. The first-order chi connectivity index (χ1) is 12.8. The van der Waals surface area contributed by atoms with Gasteiger partial charge in [0.1, 0.15) is 24.0 Å². The molecule has 3 heterocycles. The second kappa shape index (κ2) is 7.70. The molecular weight excluding hydrogens is 344 g/mol. The third kappa shape index (κ3) is 3.62. The molecule has 0 aliphatic carbocycles. The van der Waals surface area contributed by atoms with Crippen LogP contribution in [0.5, 0.6) is 0 Å². The maximum Gasteiger partial charge on any atom is 0.170 e. The number of nitrogens with zero attached hydrogens (tertiary/aromatic N) is 3. The summed E-state index contributed by atoms with van der Waals surface area (Å²) in [6.07, 6.45) is 6.96. The van der Waals surface area contributed by atoms with Gasteiger partial charge in [0.25, 0.3) is 0 Å². The van der Waals surface area contributed by atoms with Gasteiger partial charge in [-0.25, -0.2) is 9.97 Å². The summed E-state index contributed by atoms with van der Waals surface area (Å²) in [7, 11) is 0. The normalized spacial score (nSPS) is 17.2. The molecule has 2 aromatic heterocycles. The molecule has 3 aromatic rings. The van der Waals surface area contributed by atoms with Crippen molar-refractivity contribution >= 4 is 34.2 Å². The molecule has 4 rings (SSSR count). The van der Waals surface area contributed by atoms with Crippen molar-refractivity contribution < 1.29 is 0 Å². The molecule has 1 aliphatic heterocycles. The first kappa shape index (κ1) is 16.8. The highest BCUT2D eigenvalue weighted by atomic mass is 32.1. The molecule has 7 heteroatoms. The summed E-state index contributed by atoms with van der Waals surface area (Å²) < 4.78 is 0. The fraction of sp³-hybridized carbons (Fsp3) is 0.316. The largest absolute Gasteiger partial charge is 0.358 e. The Morgan fingerprint density at radius 2 is 2.08 bits per heavy atom. The van der Waals surface area contributed by atoms with Gasteiger partial charge in [-0.05, 0) is 43.1 Å². The number of hydrogen-bond acceptors (Lipinski definition) is 4. The Morgan fingerprint density at radius 1 is 1.19 bits per heavy atom. The minimum atomic E-state index is 0.132. The predicted molar refractivity (Wildman–Crippen MR) is 108 cm³/mol. The first-order valence-electron chi connectivity index (χ1n) is 8.94. The number of rotatable bonds is 4. The number of likely N-dealkylation sites (tertiary alicyclic amines) is 1. The van der Waals surface area contributed by atoms with Crippen LogP contribution in [0.15, 0.2) is 48.9 Å². The number of benzene rings is 1. The van der Waals surface area contributed by atoms with Crippen LogP contribution in [-0.2, 0) is 6.54 Å². The van der Waals surface area contributed by atoms with Gasteiger partial charge in [-0.15, -0.1) is 0 Å². The van der Waals surface area contributed by atoms with Crippen molar-refractivity contribution in [3.8, 4) is 0 Å². The Kier molecular flexibility index (Phi) is 4.97. The van der Waals surface area contributed by atoms with Crippen LogP contribution in [0.3, 0.4) is 0 Å². The van der Waals surface area contributed by atoms with Gasteiger partial charge in [0.15, 0.2) is 5.11 Å². The molecule has 134 valence electrons. The van der Waals surface area contributed by atoms with Crippen molar-refractivity contribution in [1.29, 1.82) is 0 Å². The van der Waals surface area contributed by atoms with Crippen LogP contribution in [0.25, 0.3) is 11.0 Å². The Labute approximate surface area is 158 Å². The summed E-state index contributed by atoms with van der Waals surface area (Å²) in [5, 5.41) is 8.75. The number of aromatic amines is 1. The van der Waals surface area contributed by atoms with Crippen molar-refractivity contribution in [2.45, 2.75) is 32.0 Å². The molecule has 0 bridgehead atoms. The van der Waals surface area contributed by atoms with Gasteiger partial charge in [0.05, 0.1) is 5.39 Å². The molecule has 0 spiro atoms. The van der Waals surface area contributed by atoms with Gasteiger partial charge in [-0.2, -0.15) is 0 Å². The van der Waals surface area contributed by atoms with Crippen molar-refractivity contribution in [2.24, 2.45) is 0 Å². The highest BCUT2D eigenvalue weighted by Crippen LogP contribution is 2.23. The Hall–Kier alpha value is -2.67. The van der Waals surface area contributed by atoms with E-state index in [0.29, 0.717) is 0 Å². The zero-order chi connectivity index (χ0) is 17.8. The van der Waals surface area contributed by atoms with Crippen LogP contribution < -0.4 is 10.6 Å². The lowest BCUT2D eigenvalue weighted by molar-refractivity contribution is 0.262. The minimum Gasteiger partial charge on any atom is -0.358 e. The van der Waals surface area contributed by atoms with Crippen molar-refractivity contribution in [1.82, 2.24) is 25.2 Å². The number of nitrogens with one attached hydrogen (secondary N) is 3. The van der Waals surface area contributed by atoms with Crippen LogP contribution in [0.4, 0.5) is 5.82 Å².